The number of aliphatic hydroxyl groups excluding tert-OH is 1. The van der Waals surface area contributed by atoms with Crippen molar-refractivity contribution in [3.05, 3.63) is 0 Å². The summed E-state index contributed by atoms with van der Waals surface area (Å²) < 4.78 is 5.62. The van der Waals surface area contributed by atoms with Gasteiger partial charge in [0.1, 0.15) is 0 Å². The topological polar surface area (TPSA) is 29.5 Å². The van der Waals surface area contributed by atoms with Crippen molar-refractivity contribution in [2.45, 2.75) is 50.7 Å². The zero-order chi connectivity index (χ0) is 8.39. The molecule has 2 heteroatoms. The van der Waals surface area contributed by atoms with Crippen LogP contribution in [0.3, 0.4) is 0 Å². The lowest BCUT2D eigenvalue weighted by atomic mass is 10.2. The summed E-state index contributed by atoms with van der Waals surface area (Å²) in [6.45, 7) is 0.867. The van der Waals surface area contributed by atoms with E-state index < -0.39 is 0 Å². The monoisotopic (exact) mass is 170 g/mol. The second kappa shape index (κ2) is 3.75. The quantitative estimate of drug-likeness (QED) is 0.696. The number of hydrogen-bond acceptors (Lipinski definition) is 2. The van der Waals surface area contributed by atoms with Crippen molar-refractivity contribution in [1.82, 2.24) is 0 Å². The average molecular weight is 170 g/mol. The fraction of sp³-hybridized carbons (Fsp3) is 1.00. The predicted octanol–water partition coefficient (Wildman–Crippen LogP) is 1.72. The SMILES string of the molecule is OC1CCCC1OCCC1CC1. The molecule has 0 bridgehead atoms. The molecule has 2 rings (SSSR count). The minimum Gasteiger partial charge on any atom is -0.390 e. The molecule has 2 fully saturated rings. The van der Waals surface area contributed by atoms with Gasteiger partial charge in [-0.25, -0.2) is 0 Å². The number of hydrogen-bond donors (Lipinski definition) is 1. The van der Waals surface area contributed by atoms with E-state index in [9.17, 15) is 5.11 Å². The number of aliphatic hydroxyl groups is 1. The summed E-state index contributed by atoms with van der Waals surface area (Å²) in [5, 5.41) is 9.44. The summed E-state index contributed by atoms with van der Waals surface area (Å²) in [6, 6.07) is 0. The van der Waals surface area contributed by atoms with Gasteiger partial charge >= 0.3 is 0 Å². The molecule has 0 aromatic rings. The van der Waals surface area contributed by atoms with Crippen LogP contribution in [0.15, 0.2) is 0 Å². The van der Waals surface area contributed by atoms with Crippen LogP contribution in [0.25, 0.3) is 0 Å². The molecule has 0 saturated heterocycles. The first-order valence-electron chi connectivity index (χ1n) is 5.16. The Labute approximate surface area is 73.9 Å². The second-order valence-electron chi connectivity index (χ2n) is 4.14. The molecule has 12 heavy (non-hydrogen) atoms. The van der Waals surface area contributed by atoms with Crippen LogP contribution >= 0.6 is 0 Å². The molecule has 0 spiro atoms. The molecule has 70 valence electrons. The van der Waals surface area contributed by atoms with Gasteiger partial charge in [-0.2, -0.15) is 0 Å². The third kappa shape index (κ3) is 2.20. The Morgan fingerprint density at radius 2 is 2.00 bits per heavy atom. The van der Waals surface area contributed by atoms with Crippen molar-refractivity contribution in [2.24, 2.45) is 5.92 Å². The van der Waals surface area contributed by atoms with Crippen molar-refractivity contribution in [1.29, 1.82) is 0 Å². The van der Waals surface area contributed by atoms with Crippen LogP contribution in [0, 0.1) is 5.92 Å². The lowest BCUT2D eigenvalue weighted by Gasteiger charge is -2.14. The van der Waals surface area contributed by atoms with E-state index in [1.165, 1.54) is 19.3 Å². The van der Waals surface area contributed by atoms with E-state index >= 15 is 0 Å². The molecule has 0 radical (unpaired) electrons. The normalized spacial score (nSPS) is 35.8. The Morgan fingerprint density at radius 3 is 2.58 bits per heavy atom. The van der Waals surface area contributed by atoms with Crippen molar-refractivity contribution in [3.63, 3.8) is 0 Å². The van der Waals surface area contributed by atoms with Gasteiger partial charge in [0, 0.05) is 6.61 Å². The standard InChI is InChI=1S/C10H18O2/c11-9-2-1-3-10(9)12-7-6-8-4-5-8/h8-11H,1-7H2. The van der Waals surface area contributed by atoms with Gasteiger partial charge in [-0.1, -0.05) is 12.8 Å². The Morgan fingerprint density at radius 1 is 1.17 bits per heavy atom. The summed E-state index contributed by atoms with van der Waals surface area (Å²) in [5.41, 5.74) is 0. The minimum absolute atomic E-state index is 0.156. The first kappa shape index (κ1) is 8.52. The Kier molecular flexibility index (Phi) is 2.66. The van der Waals surface area contributed by atoms with Gasteiger partial charge in [0.25, 0.3) is 0 Å². The lowest BCUT2D eigenvalue weighted by Crippen LogP contribution is -2.23. The highest BCUT2D eigenvalue weighted by molar-refractivity contribution is 4.78. The zero-order valence-corrected chi connectivity index (χ0v) is 7.54. The molecule has 2 unspecified atom stereocenters. The van der Waals surface area contributed by atoms with Gasteiger partial charge in [0.15, 0.2) is 0 Å². The van der Waals surface area contributed by atoms with Gasteiger partial charge in [-0.3, -0.25) is 0 Å². The fourth-order valence-electron chi connectivity index (χ4n) is 1.89. The van der Waals surface area contributed by atoms with Crippen molar-refractivity contribution < 1.29 is 9.84 Å². The van der Waals surface area contributed by atoms with Crippen LogP contribution < -0.4 is 0 Å². The molecule has 0 aromatic heterocycles. The molecule has 0 aromatic carbocycles. The first-order valence-corrected chi connectivity index (χ1v) is 5.16. The summed E-state index contributed by atoms with van der Waals surface area (Å²) in [4.78, 5) is 0. The molecule has 2 aliphatic carbocycles. The number of ether oxygens (including phenoxy) is 1. The molecule has 0 amide bonds. The van der Waals surface area contributed by atoms with Crippen LogP contribution in [0.1, 0.15) is 38.5 Å². The van der Waals surface area contributed by atoms with Gasteiger partial charge < -0.3 is 9.84 Å². The number of rotatable bonds is 4. The van der Waals surface area contributed by atoms with E-state index in [0.29, 0.717) is 0 Å². The Bertz CT molecular complexity index is 143. The maximum atomic E-state index is 9.44. The van der Waals surface area contributed by atoms with Crippen LogP contribution in [0.2, 0.25) is 0 Å². The molecular weight excluding hydrogens is 152 g/mol. The van der Waals surface area contributed by atoms with Gasteiger partial charge in [0.2, 0.25) is 0 Å². The third-order valence-corrected chi connectivity index (χ3v) is 2.97. The van der Waals surface area contributed by atoms with E-state index in [2.05, 4.69) is 0 Å². The second-order valence-corrected chi connectivity index (χ2v) is 4.14. The Hall–Kier alpha value is -0.0800. The van der Waals surface area contributed by atoms with Gasteiger partial charge in [-0.15, -0.1) is 0 Å². The van der Waals surface area contributed by atoms with Crippen LogP contribution in [-0.4, -0.2) is 23.9 Å². The summed E-state index contributed by atoms with van der Waals surface area (Å²) in [6.07, 6.45) is 7.12. The van der Waals surface area contributed by atoms with Crippen molar-refractivity contribution in [2.75, 3.05) is 6.61 Å². The highest BCUT2D eigenvalue weighted by Crippen LogP contribution is 2.32. The molecule has 2 atom stereocenters. The predicted molar refractivity (Wildman–Crippen MR) is 46.9 cm³/mol. The molecular formula is C10H18O2. The highest BCUT2D eigenvalue weighted by Gasteiger charge is 2.27. The van der Waals surface area contributed by atoms with E-state index in [0.717, 1.165) is 31.8 Å². The molecule has 2 nitrogen and oxygen atoms in total. The molecule has 0 aliphatic heterocycles. The minimum atomic E-state index is -0.177. The van der Waals surface area contributed by atoms with E-state index in [-0.39, 0.29) is 12.2 Å². The van der Waals surface area contributed by atoms with Crippen LogP contribution in [0.4, 0.5) is 0 Å². The maximum absolute atomic E-state index is 9.44. The zero-order valence-electron chi connectivity index (χ0n) is 7.54. The molecule has 1 N–H and O–H groups in total. The van der Waals surface area contributed by atoms with E-state index in [1.807, 2.05) is 0 Å². The molecule has 0 heterocycles. The molecule has 2 aliphatic rings. The first-order chi connectivity index (χ1) is 5.86. The van der Waals surface area contributed by atoms with Crippen molar-refractivity contribution >= 4 is 0 Å². The van der Waals surface area contributed by atoms with Crippen LogP contribution in [0.5, 0.6) is 0 Å². The van der Waals surface area contributed by atoms with Crippen LogP contribution in [-0.2, 0) is 4.74 Å². The summed E-state index contributed by atoms with van der Waals surface area (Å²) in [7, 11) is 0. The summed E-state index contributed by atoms with van der Waals surface area (Å²) in [5.74, 6) is 0.948. The highest BCUT2D eigenvalue weighted by atomic mass is 16.5. The van der Waals surface area contributed by atoms with E-state index in [4.69, 9.17) is 4.74 Å². The third-order valence-electron chi connectivity index (χ3n) is 2.97. The maximum Gasteiger partial charge on any atom is 0.0833 e. The van der Waals surface area contributed by atoms with Crippen molar-refractivity contribution in [3.8, 4) is 0 Å². The fourth-order valence-corrected chi connectivity index (χ4v) is 1.89. The lowest BCUT2D eigenvalue weighted by molar-refractivity contribution is -0.0204. The van der Waals surface area contributed by atoms with Gasteiger partial charge in [-0.05, 0) is 31.6 Å². The van der Waals surface area contributed by atoms with E-state index in [1.54, 1.807) is 0 Å². The smallest absolute Gasteiger partial charge is 0.0833 e. The average Bonchev–Trinajstić information content (AvgIpc) is 2.78. The largest absolute Gasteiger partial charge is 0.390 e. The summed E-state index contributed by atoms with van der Waals surface area (Å²) >= 11 is 0. The molecule has 2 saturated carbocycles. The Balaban J connectivity index is 1.58. The van der Waals surface area contributed by atoms with Gasteiger partial charge in [0.05, 0.1) is 12.2 Å².